The van der Waals surface area contributed by atoms with E-state index in [4.69, 9.17) is 14.2 Å². The molecule has 0 bridgehead atoms. The van der Waals surface area contributed by atoms with Crippen molar-refractivity contribution in [1.29, 1.82) is 0 Å². The molecule has 0 spiro atoms. The smallest absolute Gasteiger partial charge is 0.306 e. The van der Waals surface area contributed by atoms with Crippen LogP contribution in [0.4, 0.5) is 0 Å². The van der Waals surface area contributed by atoms with Crippen LogP contribution in [0.25, 0.3) is 0 Å². The second-order valence-corrected chi connectivity index (χ2v) is 18.5. The predicted molar refractivity (Wildman–Crippen MR) is 288 cm³/mol. The molecule has 0 aliphatic rings. The largest absolute Gasteiger partial charge is 0.462 e. The van der Waals surface area contributed by atoms with Gasteiger partial charge < -0.3 is 14.2 Å². The minimum absolute atomic E-state index is 0.0887. The minimum Gasteiger partial charge on any atom is -0.462 e. The molecule has 0 heterocycles. The number of allylic oxidation sites excluding steroid dienone is 14. The molecule has 0 N–H and O–H groups in total. The molecule has 0 aliphatic carbocycles. The quantitative estimate of drug-likeness (QED) is 0.0262. The topological polar surface area (TPSA) is 78.9 Å². The first-order chi connectivity index (χ1) is 33.0. The van der Waals surface area contributed by atoms with Gasteiger partial charge in [0, 0.05) is 19.3 Å². The van der Waals surface area contributed by atoms with Crippen molar-refractivity contribution in [2.24, 2.45) is 0 Å². The summed E-state index contributed by atoms with van der Waals surface area (Å²) >= 11 is 0. The molecule has 6 heteroatoms. The number of ether oxygens (including phenoxy) is 3. The highest BCUT2D eigenvalue weighted by Gasteiger charge is 2.19. The van der Waals surface area contributed by atoms with Crippen LogP contribution in [-0.2, 0) is 28.6 Å². The van der Waals surface area contributed by atoms with Crippen molar-refractivity contribution >= 4 is 17.9 Å². The van der Waals surface area contributed by atoms with Crippen molar-refractivity contribution in [2.45, 2.75) is 271 Å². The Morgan fingerprint density at radius 3 is 0.970 bits per heavy atom. The van der Waals surface area contributed by atoms with Gasteiger partial charge in [0.2, 0.25) is 0 Å². The summed E-state index contributed by atoms with van der Waals surface area (Å²) in [5, 5.41) is 0. The molecule has 0 saturated carbocycles. The molecular weight excluding hydrogens is 829 g/mol. The van der Waals surface area contributed by atoms with Crippen LogP contribution >= 0.6 is 0 Å². The van der Waals surface area contributed by atoms with E-state index in [1.807, 2.05) is 0 Å². The van der Waals surface area contributed by atoms with E-state index < -0.39 is 6.10 Å². The summed E-state index contributed by atoms with van der Waals surface area (Å²) in [5.41, 5.74) is 0. The Balaban J connectivity index is 4.40. The van der Waals surface area contributed by atoms with E-state index in [9.17, 15) is 14.4 Å². The van der Waals surface area contributed by atoms with Gasteiger partial charge in [0.15, 0.2) is 6.10 Å². The van der Waals surface area contributed by atoms with Crippen molar-refractivity contribution in [3.05, 3.63) is 85.1 Å². The van der Waals surface area contributed by atoms with Crippen molar-refractivity contribution in [3.63, 3.8) is 0 Å². The summed E-state index contributed by atoms with van der Waals surface area (Å²) in [7, 11) is 0. The van der Waals surface area contributed by atoms with Crippen LogP contribution in [0.1, 0.15) is 265 Å². The summed E-state index contributed by atoms with van der Waals surface area (Å²) in [5.74, 6) is -0.915. The Bertz CT molecular complexity index is 1300. The van der Waals surface area contributed by atoms with Crippen molar-refractivity contribution in [1.82, 2.24) is 0 Å². The third kappa shape index (κ3) is 53.4. The van der Waals surface area contributed by atoms with Crippen molar-refractivity contribution < 1.29 is 28.6 Å². The molecule has 1 unspecified atom stereocenters. The van der Waals surface area contributed by atoms with Gasteiger partial charge in [0.05, 0.1) is 0 Å². The normalized spacial score (nSPS) is 12.7. The lowest BCUT2D eigenvalue weighted by Gasteiger charge is -2.18. The molecule has 0 fully saturated rings. The molecule has 384 valence electrons. The van der Waals surface area contributed by atoms with Crippen LogP contribution in [0.5, 0.6) is 0 Å². The monoisotopic (exact) mass is 933 g/mol. The number of esters is 3. The first kappa shape index (κ1) is 63.6. The number of hydrogen-bond acceptors (Lipinski definition) is 6. The summed E-state index contributed by atoms with van der Waals surface area (Å²) in [6.45, 7) is 6.45. The average molecular weight is 933 g/mol. The zero-order chi connectivity index (χ0) is 48.6. The van der Waals surface area contributed by atoms with Gasteiger partial charge in [-0.15, -0.1) is 0 Å². The van der Waals surface area contributed by atoms with E-state index in [2.05, 4.69) is 106 Å². The fourth-order valence-electron chi connectivity index (χ4n) is 7.68. The molecule has 0 aromatic carbocycles. The molecule has 1 atom stereocenters. The predicted octanol–water partition coefficient (Wildman–Crippen LogP) is 18.8. The molecule has 67 heavy (non-hydrogen) atoms. The zero-order valence-electron chi connectivity index (χ0n) is 43.9. The standard InChI is InChI=1S/C61H104O6/c1-4-7-10-13-16-19-22-25-27-28-29-30-31-32-34-36-39-42-45-48-51-54-60(63)66-57-58(56-65-59(62)53-50-47-44-41-38-35-24-21-18-15-12-9-6-3)67-61(64)55-52-49-46-43-40-37-33-26-23-20-17-14-11-8-5-2/h7,10,12,15-16,19,21,24-25,27,29-30,32,34,58H,4-6,8-9,11,13-14,17-18,20,22-23,26,28,31,33,35-57H2,1-3H3/b10-7-,15-12-,19-16-,24-21-,27-25-,30-29-,34-32-. The number of rotatable bonds is 50. The van der Waals surface area contributed by atoms with Gasteiger partial charge in [0.25, 0.3) is 0 Å². The summed E-state index contributed by atoms with van der Waals surface area (Å²) in [6.07, 6.45) is 71.4. The highest BCUT2D eigenvalue weighted by molar-refractivity contribution is 5.71. The molecule has 6 nitrogen and oxygen atoms in total. The van der Waals surface area contributed by atoms with E-state index in [-0.39, 0.29) is 31.1 Å². The lowest BCUT2D eigenvalue weighted by atomic mass is 10.0. The fourth-order valence-corrected chi connectivity index (χ4v) is 7.68. The molecule has 0 aromatic heterocycles. The van der Waals surface area contributed by atoms with Gasteiger partial charge >= 0.3 is 17.9 Å². The Kier molecular flexibility index (Phi) is 52.4. The van der Waals surface area contributed by atoms with Crippen LogP contribution in [-0.4, -0.2) is 37.2 Å². The van der Waals surface area contributed by atoms with Crippen molar-refractivity contribution in [3.8, 4) is 0 Å². The SMILES string of the molecule is CC/C=C\C/C=C\C/C=C\C/C=C\C/C=C\CCCCCCCC(=O)OCC(COC(=O)CCCCCCC/C=C\C/C=C\CCC)OC(=O)CCCCCCCCCCCCCCCCC. The van der Waals surface area contributed by atoms with Gasteiger partial charge in [-0.05, 0) is 89.9 Å². The highest BCUT2D eigenvalue weighted by atomic mass is 16.6. The Morgan fingerprint density at radius 2 is 0.612 bits per heavy atom. The maximum absolute atomic E-state index is 12.8. The van der Waals surface area contributed by atoms with Crippen LogP contribution in [0, 0.1) is 0 Å². The summed E-state index contributed by atoms with van der Waals surface area (Å²) in [4.78, 5) is 38.1. The Morgan fingerprint density at radius 1 is 0.313 bits per heavy atom. The number of unbranched alkanes of at least 4 members (excludes halogenated alkanes) is 25. The molecule has 0 rings (SSSR count). The molecule has 0 amide bonds. The lowest BCUT2D eigenvalue weighted by Crippen LogP contribution is -2.30. The van der Waals surface area contributed by atoms with E-state index in [1.54, 1.807) is 0 Å². The van der Waals surface area contributed by atoms with E-state index in [1.165, 1.54) is 83.5 Å². The zero-order valence-corrected chi connectivity index (χ0v) is 43.9. The second kappa shape index (κ2) is 55.2. The lowest BCUT2D eigenvalue weighted by molar-refractivity contribution is -0.167. The van der Waals surface area contributed by atoms with Gasteiger partial charge in [-0.3, -0.25) is 14.4 Å². The van der Waals surface area contributed by atoms with Gasteiger partial charge in [-0.25, -0.2) is 0 Å². The van der Waals surface area contributed by atoms with E-state index in [0.29, 0.717) is 19.3 Å². The number of hydrogen-bond donors (Lipinski definition) is 0. The van der Waals surface area contributed by atoms with Gasteiger partial charge in [-0.2, -0.15) is 0 Å². The third-order valence-corrected chi connectivity index (χ3v) is 11.9. The number of carbonyl (C=O) groups excluding carboxylic acids is 3. The molecule has 0 saturated heterocycles. The summed E-state index contributed by atoms with van der Waals surface area (Å²) < 4.78 is 16.8. The Labute approximate surface area is 414 Å². The van der Waals surface area contributed by atoms with Gasteiger partial charge in [-0.1, -0.05) is 241 Å². The maximum Gasteiger partial charge on any atom is 0.306 e. The van der Waals surface area contributed by atoms with Crippen LogP contribution in [0.3, 0.4) is 0 Å². The molecule has 0 aliphatic heterocycles. The minimum atomic E-state index is -0.789. The number of carbonyl (C=O) groups is 3. The first-order valence-corrected chi connectivity index (χ1v) is 28.1. The van der Waals surface area contributed by atoms with Crippen molar-refractivity contribution in [2.75, 3.05) is 13.2 Å². The van der Waals surface area contributed by atoms with Crippen LogP contribution < -0.4 is 0 Å². The molecular formula is C61H104O6. The average Bonchev–Trinajstić information content (AvgIpc) is 3.33. The van der Waals surface area contributed by atoms with E-state index in [0.717, 1.165) is 141 Å². The third-order valence-electron chi connectivity index (χ3n) is 11.9. The second-order valence-electron chi connectivity index (χ2n) is 18.5. The van der Waals surface area contributed by atoms with Crippen LogP contribution in [0.15, 0.2) is 85.1 Å². The highest BCUT2D eigenvalue weighted by Crippen LogP contribution is 2.15. The summed E-state index contributed by atoms with van der Waals surface area (Å²) in [6, 6.07) is 0. The Hall–Kier alpha value is -3.41. The maximum atomic E-state index is 12.8. The fraction of sp³-hybridized carbons (Fsp3) is 0.721. The van der Waals surface area contributed by atoms with Crippen LogP contribution in [0.2, 0.25) is 0 Å². The first-order valence-electron chi connectivity index (χ1n) is 28.1. The molecule has 0 aromatic rings. The van der Waals surface area contributed by atoms with E-state index >= 15 is 0 Å². The molecule has 0 radical (unpaired) electrons. The van der Waals surface area contributed by atoms with Gasteiger partial charge in [0.1, 0.15) is 13.2 Å².